The predicted molar refractivity (Wildman–Crippen MR) is 90.3 cm³/mol. The van der Waals surface area contributed by atoms with Gasteiger partial charge in [0.05, 0.1) is 13.2 Å². The first-order valence-corrected chi connectivity index (χ1v) is 7.51. The smallest absolute Gasteiger partial charge is 0.315 e. The van der Waals surface area contributed by atoms with E-state index in [2.05, 4.69) is 10.6 Å². The van der Waals surface area contributed by atoms with Gasteiger partial charge in [0, 0.05) is 13.1 Å². The monoisotopic (exact) mass is 314 g/mol. The zero-order chi connectivity index (χ0) is 16.7. The fraction of sp³-hybridized carbons (Fsp3) is 0.278. The Labute approximate surface area is 136 Å². The van der Waals surface area contributed by atoms with Crippen molar-refractivity contribution in [3.05, 3.63) is 54.1 Å². The standard InChI is InChI=1S/C18H22N2O3/c1-13(21)11-19-18(22)20-12-14-6-8-15(9-7-14)16-4-3-5-17(10-16)23-2/h3-10,13,21H,11-12H2,1-2H3,(H2,19,20,22)/t13-/m1/s1. The lowest BCUT2D eigenvalue weighted by Crippen LogP contribution is -2.38. The number of hydrogen-bond acceptors (Lipinski definition) is 3. The van der Waals surface area contributed by atoms with Gasteiger partial charge in [-0.2, -0.15) is 0 Å². The molecule has 2 amide bonds. The predicted octanol–water partition coefficient (Wildman–Crippen LogP) is 2.54. The van der Waals surface area contributed by atoms with E-state index in [1.807, 2.05) is 48.5 Å². The Balaban J connectivity index is 1.93. The van der Waals surface area contributed by atoms with Crippen LogP contribution in [0.2, 0.25) is 0 Å². The molecule has 122 valence electrons. The van der Waals surface area contributed by atoms with Crippen LogP contribution in [0.5, 0.6) is 5.75 Å². The molecule has 0 heterocycles. The Bertz CT molecular complexity index is 639. The van der Waals surface area contributed by atoms with Crippen LogP contribution >= 0.6 is 0 Å². The summed E-state index contributed by atoms with van der Waals surface area (Å²) in [5.41, 5.74) is 3.17. The van der Waals surface area contributed by atoms with Crippen LogP contribution in [-0.2, 0) is 6.54 Å². The van der Waals surface area contributed by atoms with Crippen LogP contribution in [0, 0.1) is 0 Å². The maximum Gasteiger partial charge on any atom is 0.315 e. The third-order valence-corrected chi connectivity index (χ3v) is 3.37. The van der Waals surface area contributed by atoms with Crippen molar-refractivity contribution in [2.24, 2.45) is 0 Å². The van der Waals surface area contributed by atoms with Gasteiger partial charge in [0.2, 0.25) is 0 Å². The second-order valence-electron chi connectivity index (χ2n) is 5.34. The average Bonchev–Trinajstić information content (AvgIpc) is 2.58. The Morgan fingerprint density at radius 1 is 1.13 bits per heavy atom. The van der Waals surface area contributed by atoms with E-state index in [1.54, 1.807) is 14.0 Å². The Hall–Kier alpha value is -2.53. The number of carbonyl (C=O) groups excluding carboxylic acids is 1. The minimum absolute atomic E-state index is 0.237. The van der Waals surface area contributed by atoms with Crippen molar-refractivity contribution in [2.45, 2.75) is 19.6 Å². The molecule has 0 radical (unpaired) electrons. The van der Waals surface area contributed by atoms with E-state index in [0.717, 1.165) is 22.4 Å². The van der Waals surface area contributed by atoms with Gasteiger partial charge in [-0.3, -0.25) is 0 Å². The van der Waals surface area contributed by atoms with Gasteiger partial charge in [0.15, 0.2) is 0 Å². The summed E-state index contributed by atoms with van der Waals surface area (Å²) in [6.07, 6.45) is -0.553. The highest BCUT2D eigenvalue weighted by Crippen LogP contribution is 2.23. The molecular formula is C18H22N2O3. The first kappa shape index (κ1) is 16.8. The van der Waals surface area contributed by atoms with Crippen molar-refractivity contribution in [3.63, 3.8) is 0 Å². The Morgan fingerprint density at radius 2 is 1.87 bits per heavy atom. The topological polar surface area (TPSA) is 70.6 Å². The largest absolute Gasteiger partial charge is 0.497 e. The Kier molecular flexibility index (Phi) is 6.00. The summed E-state index contributed by atoms with van der Waals surface area (Å²) in [7, 11) is 1.65. The lowest BCUT2D eigenvalue weighted by atomic mass is 10.0. The summed E-state index contributed by atoms with van der Waals surface area (Å²) in [5, 5.41) is 14.5. The second-order valence-corrected chi connectivity index (χ2v) is 5.34. The molecule has 2 rings (SSSR count). The maximum absolute atomic E-state index is 11.5. The van der Waals surface area contributed by atoms with E-state index >= 15 is 0 Å². The molecule has 0 aliphatic heterocycles. The molecule has 0 saturated heterocycles. The summed E-state index contributed by atoms with van der Waals surface area (Å²) in [6.45, 7) is 2.29. The van der Waals surface area contributed by atoms with Crippen LogP contribution in [0.25, 0.3) is 11.1 Å². The van der Waals surface area contributed by atoms with E-state index in [9.17, 15) is 4.79 Å². The van der Waals surface area contributed by atoms with Crippen LogP contribution in [0.4, 0.5) is 4.79 Å². The molecule has 2 aromatic carbocycles. The van der Waals surface area contributed by atoms with E-state index in [4.69, 9.17) is 9.84 Å². The zero-order valence-electron chi connectivity index (χ0n) is 13.4. The fourth-order valence-electron chi connectivity index (χ4n) is 2.10. The summed E-state index contributed by atoms with van der Waals surface area (Å²) < 4.78 is 5.23. The minimum Gasteiger partial charge on any atom is -0.497 e. The van der Waals surface area contributed by atoms with Crippen LogP contribution in [0.15, 0.2) is 48.5 Å². The lowest BCUT2D eigenvalue weighted by molar-refractivity contribution is 0.187. The molecule has 1 atom stereocenters. The summed E-state index contributed by atoms with van der Waals surface area (Å²) >= 11 is 0. The van der Waals surface area contributed by atoms with Crippen molar-refractivity contribution in [1.29, 1.82) is 0 Å². The highest BCUT2D eigenvalue weighted by molar-refractivity contribution is 5.73. The van der Waals surface area contributed by atoms with Crippen molar-refractivity contribution < 1.29 is 14.6 Å². The van der Waals surface area contributed by atoms with Crippen LogP contribution in [-0.4, -0.2) is 30.9 Å². The Morgan fingerprint density at radius 3 is 2.52 bits per heavy atom. The molecule has 23 heavy (non-hydrogen) atoms. The number of methoxy groups -OCH3 is 1. The van der Waals surface area contributed by atoms with Gasteiger partial charge < -0.3 is 20.5 Å². The number of aliphatic hydroxyl groups is 1. The van der Waals surface area contributed by atoms with Crippen molar-refractivity contribution >= 4 is 6.03 Å². The van der Waals surface area contributed by atoms with Gasteiger partial charge >= 0.3 is 6.03 Å². The summed E-state index contributed by atoms with van der Waals surface area (Å²) in [5.74, 6) is 0.822. The van der Waals surface area contributed by atoms with Crippen LogP contribution in [0.1, 0.15) is 12.5 Å². The maximum atomic E-state index is 11.5. The number of nitrogens with one attached hydrogen (secondary N) is 2. The number of carbonyl (C=O) groups is 1. The average molecular weight is 314 g/mol. The number of rotatable bonds is 6. The first-order chi connectivity index (χ1) is 11.1. The zero-order valence-corrected chi connectivity index (χ0v) is 13.4. The molecule has 2 aromatic rings. The molecule has 5 heteroatoms. The lowest BCUT2D eigenvalue weighted by Gasteiger charge is -2.10. The molecule has 3 N–H and O–H groups in total. The second kappa shape index (κ2) is 8.19. The third kappa shape index (κ3) is 5.30. The summed E-state index contributed by atoms with van der Waals surface area (Å²) in [4.78, 5) is 11.5. The number of ether oxygens (including phenoxy) is 1. The minimum atomic E-state index is -0.553. The summed E-state index contributed by atoms with van der Waals surface area (Å²) in [6, 6.07) is 15.6. The molecular weight excluding hydrogens is 292 g/mol. The van der Waals surface area contributed by atoms with E-state index in [0.29, 0.717) is 6.54 Å². The van der Waals surface area contributed by atoms with Crippen LogP contribution in [0.3, 0.4) is 0 Å². The highest BCUT2D eigenvalue weighted by Gasteiger charge is 2.03. The van der Waals surface area contributed by atoms with E-state index < -0.39 is 6.10 Å². The molecule has 0 saturated carbocycles. The first-order valence-electron chi connectivity index (χ1n) is 7.51. The molecule has 0 unspecified atom stereocenters. The molecule has 5 nitrogen and oxygen atoms in total. The van der Waals surface area contributed by atoms with Crippen molar-refractivity contribution in [2.75, 3.05) is 13.7 Å². The van der Waals surface area contributed by atoms with Crippen molar-refractivity contribution in [3.8, 4) is 16.9 Å². The van der Waals surface area contributed by atoms with Gasteiger partial charge in [0.25, 0.3) is 0 Å². The van der Waals surface area contributed by atoms with Gasteiger partial charge in [-0.1, -0.05) is 36.4 Å². The van der Waals surface area contributed by atoms with Crippen molar-refractivity contribution in [1.82, 2.24) is 10.6 Å². The molecule has 0 spiro atoms. The normalized spacial score (nSPS) is 11.6. The van der Waals surface area contributed by atoms with E-state index in [1.165, 1.54) is 0 Å². The number of hydrogen-bond donors (Lipinski definition) is 3. The van der Waals surface area contributed by atoms with E-state index in [-0.39, 0.29) is 12.6 Å². The number of aliphatic hydroxyl groups excluding tert-OH is 1. The number of amides is 2. The molecule has 0 fully saturated rings. The van der Waals surface area contributed by atoms with Gasteiger partial charge in [-0.05, 0) is 35.7 Å². The number of benzene rings is 2. The molecule has 0 aromatic heterocycles. The SMILES string of the molecule is COc1cccc(-c2ccc(CNC(=O)NC[C@@H](C)O)cc2)c1. The number of urea groups is 1. The molecule has 0 aliphatic rings. The molecule has 0 bridgehead atoms. The quantitative estimate of drug-likeness (QED) is 0.767. The van der Waals surface area contributed by atoms with Gasteiger partial charge in [-0.25, -0.2) is 4.79 Å². The van der Waals surface area contributed by atoms with Crippen LogP contribution < -0.4 is 15.4 Å². The third-order valence-electron chi connectivity index (χ3n) is 3.37. The van der Waals surface area contributed by atoms with Gasteiger partial charge in [0.1, 0.15) is 5.75 Å². The van der Waals surface area contributed by atoms with Gasteiger partial charge in [-0.15, -0.1) is 0 Å². The fourth-order valence-corrected chi connectivity index (χ4v) is 2.10. The molecule has 0 aliphatic carbocycles. The highest BCUT2D eigenvalue weighted by atomic mass is 16.5.